The van der Waals surface area contributed by atoms with Crippen LogP contribution < -0.4 is 0 Å². The summed E-state index contributed by atoms with van der Waals surface area (Å²) in [6, 6.07) is -0.817. The van der Waals surface area contributed by atoms with E-state index in [1.165, 1.54) is 20.8 Å². The topological polar surface area (TPSA) is 27.7 Å². The van der Waals surface area contributed by atoms with Gasteiger partial charge in [0.25, 0.3) is 6.43 Å². The van der Waals surface area contributed by atoms with Gasteiger partial charge in [-0.25, -0.2) is 22.0 Å². The largest absolute Gasteiger partial charge is 0.500 e. The molecule has 38 heavy (non-hydrogen) atoms. The molecule has 4 atom stereocenters. The summed E-state index contributed by atoms with van der Waals surface area (Å²) in [6.45, 7) is 3.66. The Hall–Kier alpha value is -0.603. The molecule has 0 N–H and O–H groups in total. The Balaban J connectivity index is 6.25. The quantitative estimate of drug-likeness (QED) is 0.0984. The molecule has 3 nitrogen and oxygen atoms in total. The van der Waals surface area contributed by atoms with E-state index in [0.717, 1.165) is 0 Å². The second-order valence-electron chi connectivity index (χ2n) is 7.63. The first-order valence-corrected chi connectivity index (χ1v) is 13.1. The maximum absolute atomic E-state index is 14.4. The molecule has 0 aliphatic rings. The molecule has 0 heterocycles. The highest BCUT2D eigenvalue weighted by Gasteiger charge is 2.88. The number of hydrogen-bond donors (Lipinski definition) is 1. The van der Waals surface area contributed by atoms with Crippen LogP contribution in [-0.2, 0) is 13.3 Å². The molecule has 0 saturated carbocycles. The van der Waals surface area contributed by atoms with E-state index in [-0.39, 0.29) is 19.8 Å². The summed E-state index contributed by atoms with van der Waals surface area (Å²) in [7, 11) is -3.93. The summed E-state index contributed by atoms with van der Waals surface area (Å²) < 4.78 is 220. The minimum absolute atomic E-state index is 0.166. The number of alkyl halides is 15. The van der Waals surface area contributed by atoms with Crippen LogP contribution in [0.1, 0.15) is 27.2 Å². The summed E-state index contributed by atoms with van der Waals surface area (Å²) in [5, 5.41) is -3.29. The zero-order valence-electron chi connectivity index (χ0n) is 19.8. The summed E-state index contributed by atoms with van der Waals surface area (Å²) in [4.78, 5) is 0. The van der Waals surface area contributed by atoms with Gasteiger partial charge in [-0.1, -0.05) is 0 Å². The molecule has 0 rings (SSSR count). The van der Waals surface area contributed by atoms with E-state index in [9.17, 15) is 65.9 Å². The van der Waals surface area contributed by atoms with Gasteiger partial charge >= 0.3 is 38.4 Å². The van der Waals surface area contributed by atoms with Gasteiger partial charge in [0.1, 0.15) is 0 Å². The smallest absolute Gasteiger partial charge is 0.374 e. The summed E-state index contributed by atoms with van der Waals surface area (Å²) in [6.07, 6.45) is -21.0. The Kier molecular flexibility index (Phi) is 13.2. The standard InChI is InChI=1S/C18H25F15O3SSi/c1-4-34-38(35-5-2,36-6-3)8-7-9(37)14(24,25)16(28,29)18(32,33)17(30,31)15(26,27)12(21)10(19)11(20)13(22)23/h9-13,37H,4-8H2,1-3H3. The van der Waals surface area contributed by atoms with Crippen molar-refractivity contribution >= 4 is 21.4 Å². The third kappa shape index (κ3) is 6.99. The van der Waals surface area contributed by atoms with Gasteiger partial charge in [-0.05, 0) is 27.2 Å². The van der Waals surface area contributed by atoms with Crippen molar-refractivity contribution in [2.24, 2.45) is 0 Å². The lowest BCUT2D eigenvalue weighted by Gasteiger charge is -2.42. The molecule has 0 amide bonds. The van der Waals surface area contributed by atoms with Crippen LogP contribution in [0.15, 0.2) is 0 Å². The van der Waals surface area contributed by atoms with E-state index < -0.39 is 81.1 Å². The van der Waals surface area contributed by atoms with Crippen LogP contribution in [0.2, 0.25) is 6.04 Å². The number of hydrogen-bond acceptors (Lipinski definition) is 4. The molecule has 0 radical (unpaired) electrons. The van der Waals surface area contributed by atoms with Crippen molar-refractivity contribution in [3.63, 3.8) is 0 Å². The van der Waals surface area contributed by atoms with Gasteiger partial charge in [-0.2, -0.15) is 56.5 Å². The molecular formula is C18H25F15O3SSi. The highest BCUT2D eigenvalue weighted by molar-refractivity contribution is 7.81. The molecular weight excluding hydrogens is 609 g/mol. The first-order chi connectivity index (χ1) is 17.0. The van der Waals surface area contributed by atoms with Crippen molar-refractivity contribution in [2.45, 2.75) is 93.0 Å². The molecule has 0 saturated heterocycles. The number of rotatable bonds is 18. The van der Waals surface area contributed by atoms with E-state index in [0.29, 0.717) is 0 Å². The van der Waals surface area contributed by atoms with Crippen LogP contribution in [0.3, 0.4) is 0 Å². The lowest BCUT2D eigenvalue weighted by atomic mass is 9.89. The molecule has 20 heteroatoms. The molecule has 0 aromatic heterocycles. The first kappa shape index (κ1) is 37.4. The highest BCUT2D eigenvalue weighted by atomic mass is 32.1. The third-order valence-corrected chi connectivity index (χ3v) is 8.70. The van der Waals surface area contributed by atoms with Gasteiger partial charge in [0.15, 0.2) is 12.3 Å². The van der Waals surface area contributed by atoms with E-state index in [1.807, 2.05) is 0 Å². The second kappa shape index (κ2) is 13.4. The van der Waals surface area contributed by atoms with Crippen LogP contribution >= 0.6 is 12.6 Å². The van der Waals surface area contributed by atoms with Crippen LogP contribution in [0, 0.1) is 0 Å². The minimum atomic E-state index is -7.86. The Morgan fingerprint density at radius 2 is 0.974 bits per heavy atom. The molecule has 0 aromatic carbocycles. The molecule has 0 fully saturated rings. The van der Waals surface area contributed by atoms with E-state index in [4.69, 9.17) is 13.3 Å². The molecule has 0 aliphatic heterocycles. The zero-order valence-corrected chi connectivity index (χ0v) is 21.7. The molecule has 230 valence electrons. The average molecular weight is 635 g/mol. The predicted molar refractivity (Wildman–Crippen MR) is 108 cm³/mol. The Labute approximate surface area is 214 Å². The van der Waals surface area contributed by atoms with Crippen LogP contribution in [0.5, 0.6) is 0 Å². The van der Waals surface area contributed by atoms with Gasteiger partial charge in [-0.3, -0.25) is 0 Å². The van der Waals surface area contributed by atoms with Gasteiger partial charge in [-0.15, -0.1) is 0 Å². The Morgan fingerprint density at radius 3 is 1.32 bits per heavy atom. The van der Waals surface area contributed by atoms with Crippen molar-refractivity contribution in [3.05, 3.63) is 0 Å². The van der Waals surface area contributed by atoms with Crippen molar-refractivity contribution < 1.29 is 79.1 Å². The number of halogens is 15. The lowest BCUT2D eigenvalue weighted by molar-refractivity contribution is -0.409. The molecule has 4 unspecified atom stereocenters. The van der Waals surface area contributed by atoms with Crippen LogP contribution in [0.25, 0.3) is 0 Å². The SMILES string of the molecule is CCO[Si](CCC(S)C(F)(F)C(F)(F)C(F)(F)C(F)(F)C(F)(F)C(F)C(F)C(F)C(F)F)(OCC)OCC. The maximum Gasteiger partial charge on any atom is 0.500 e. The highest BCUT2D eigenvalue weighted by Crippen LogP contribution is 2.60. The van der Waals surface area contributed by atoms with Crippen molar-refractivity contribution in [1.82, 2.24) is 0 Å². The van der Waals surface area contributed by atoms with Gasteiger partial charge in [0.05, 0.1) is 5.25 Å². The predicted octanol–water partition coefficient (Wildman–Crippen LogP) is 7.18. The summed E-state index contributed by atoms with van der Waals surface area (Å²) >= 11 is 3.04. The van der Waals surface area contributed by atoms with E-state index in [1.54, 1.807) is 0 Å². The normalized spacial score (nSPS) is 18.0. The maximum atomic E-state index is 14.4. The molecule has 0 spiro atoms. The van der Waals surface area contributed by atoms with Crippen LogP contribution in [-0.4, -0.2) is 88.4 Å². The molecule has 0 aliphatic carbocycles. The third-order valence-electron chi connectivity index (χ3n) is 5.03. The Bertz CT molecular complexity index is 714. The lowest BCUT2D eigenvalue weighted by Crippen LogP contribution is -2.71. The summed E-state index contributed by atoms with van der Waals surface area (Å²) in [5.74, 6) is -36.9. The van der Waals surface area contributed by atoms with Gasteiger partial charge in [0.2, 0.25) is 6.17 Å². The van der Waals surface area contributed by atoms with Crippen molar-refractivity contribution in [2.75, 3.05) is 19.8 Å². The van der Waals surface area contributed by atoms with Crippen LogP contribution in [0.4, 0.5) is 65.9 Å². The van der Waals surface area contributed by atoms with E-state index >= 15 is 0 Å². The monoisotopic (exact) mass is 634 g/mol. The summed E-state index contributed by atoms with van der Waals surface area (Å²) in [5.41, 5.74) is 0. The van der Waals surface area contributed by atoms with Gasteiger partial charge < -0.3 is 13.3 Å². The zero-order chi connectivity index (χ0) is 30.5. The van der Waals surface area contributed by atoms with Crippen molar-refractivity contribution in [1.29, 1.82) is 0 Å². The molecule has 0 aromatic rings. The van der Waals surface area contributed by atoms with E-state index in [2.05, 4.69) is 12.6 Å². The second-order valence-corrected chi connectivity index (χ2v) is 11.0. The fourth-order valence-electron chi connectivity index (χ4n) is 2.99. The fourth-order valence-corrected chi connectivity index (χ4v) is 6.17. The van der Waals surface area contributed by atoms with Gasteiger partial charge in [0, 0.05) is 25.9 Å². The Morgan fingerprint density at radius 1 is 0.605 bits per heavy atom. The number of thiol groups is 1. The minimum Gasteiger partial charge on any atom is -0.374 e. The molecule has 0 bridgehead atoms. The fraction of sp³-hybridized carbons (Fsp3) is 1.00. The average Bonchev–Trinajstić information content (AvgIpc) is 2.80. The van der Waals surface area contributed by atoms with Crippen molar-refractivity contribution in [3.8, 4) is 0 Å². The first-order valence-electron chi connectivity index (χ1n) is 10.7.